The molecule has 1 aromatic rings. The molecule has 104 valence electrons. The van der Waals surface area contributed by atoms with Gasteiger partial charge >= 0.3 is 0 Å². The van der Waals surface area contributed by atoms with E-state index in [9.17, 15) is 0 Å². The zero-order chi connectivity index (χ0) is 14.1. The molecule has 1 aromatic heterocycles. The Bertz CT molecular complexity index is 408. The molecular weight excluding hydrogens is 302 g/mol. The zero-order valence-corrected chi connectivity index (χ0v) is 13.1. The Morgan fingerprint density at radius 1 is 1.37 bits per heavy atom. The molecule has 4 heteroatoms. The first-order valence-corrected chi connectivity index (χ1v) is 7.34. The molecule has 0 aromatic carbocycles. The van der Waals surface area contributed by atoms with Gasteiger partial charge in [-0.05, 0) is 35.0 Å². The van der Waals surface area contributed by atoms with Crippen LogP contribution in [0.15, 0.2) is 42.0 Å². The minimum Gasteiger partial charge on any atom is -0.349 e. The molecule has 1 heterocycles. The molecule has 0 aliphatic carbocycles. The summed E-state index contributed by atoms with van der Waals surface area (Å²) in [6, 6.07) is 2.12. The van der Waals surface area contributed by atoms with E-state index < -0.39 is 0 Å². The lowest BCUT2D eigenvalue weighted by Crippen LogP contribution is -2.27. The van der Waals surface area contributed by atoms with E-state index in [-0.39, 0.29) is 0 Å². The monoisotopic (exact) mass is 323 g/mol. The fraction of sp³-hybridized carbons (Fsp3) is 0.400. The summed E-state index contributed by atoms with van der Waals surface area (Å²) in [5.41, 5.74) is 1.19. The summed E-state index contributed by atoms with van der Waals surface area (Å²) in [5, 5.41) is 3.42. The molecule has 0 fully saturated rings. The Kier molecular flexibility index (Phi) is 7.45. The lowest BCUT2D eigenvalue weighted by Gasteiger charge is -2.23. The molecule has 0 bridgehead atoms. The van der Waals surface area contributed by atoms with Crippen LogP contribution in [-0.2, 0) is 6.54 Å². The van der Waals surface area contributed by atoms with Crippen LogP contribution in [0.1, 0.15) is 18.9 Å². The van der Waals surface area contributed by atoms with Gasteiger partial charge in [0.1, 0.15) is 5.82 Å². The van der Waals surface area contributed by atoms with E-state index in [0.29, 0.717) is 0 Å². The van der Waals surface area contributed by atoms with Gasteiger partial charge in [-0.3, -0.25) is 0 Å². The van der Waals surface area contributed by atoms with Gasteiger partial charge in [0, 0.05) is 35.9 Å². The molecular formula is C15H22BrN3. The lowest BCUT2D eigenvalue weighted by atomic mass is 10.2. The molecule has 0 aliphatic rings. The highest BCUT2D eigenvalue weighted by Gasteiger charge is 2.11. The number of halogens is 1. The first kappa shape index (κ1) is 15.9. The van der Waals surface area contributed by atoms with Crippen LogP contribution in [0.3, 0.4) is 0 Å². The number of aromatic nitrogens is 1. The van der Waals surface area contributed by atoms with Crippen molar-refractivity contribution in [2.75, 3.05) is 24.5 Å². The second kappa shape index (κ2) is 8.88. The van der Waals surface area contributed by atoms with Crippen LogP contribution in [0.5, 0.6) is 0 Å². The number of nitrogens with one attached hydrogen (secondary N) is 1. The first-order chi connectivity index (χ1) is 9.22. The van der Waals surface area contributed by atoms with Crippen LogP contribution in [0.25, 0.3) is 0 Å². The van der Waals surface area contributed by atoms with E-state index in [4.69, 9.17) is 0 Å². The van der Waals surface area contributed by atoms with Crippen LogP contribution in [0, 0.1) is 0 Å². The summed E-state index contributed by atoms with van der Waals surface area (Å²) in [4.78, 5) is 6.70. The summed E-state index contributed by atoms with van der Waals surface area (Å²) >= 11 is 3.48. The highest BCUT2D eigenvalue weighted by atomic mass is 79.9. The van der Waals surface area contributed by atoms with E-state index in [1.807, 2.05) is 18.3 Å². The highest BCUT2D eigenvalue weighted by Crippen LogP contribution is 2.21. The molecule has 0 aliphatic heterocycles. The Hall–Kier alpha value is -1.13. The van der Waals surface area contributed by atoms with Crippen molar-refractivity contribution in [3.63, 3.8) is 0 Å². The fourth-order valence-corrected chi connectivity index (χ4v) is 2.23. The average Bonchev–Trinajstić information content (AvgIpc) is 2.39. The van der Waals surface area contributed by atoms with Crippen molar-refractivity contribution in [3.8, 4) is 0 Å². The van der Waals surface area contributed by atoms with E-state index in [2.05, 4.69) is 57.3 Å². The van der Waals surface area contributed by atoms with Gasteiger partial charge in [-0.15, -0.1) is 13.2 Å². The Labute approximate surface area is 124 Å². The van der Waals surface area contributed by atoms with Gasteiger partial charge in [0.2, 0.25) is 0 Å². The van der Waals surface area contributed by atoms with Crippen molar-refractivity contribution in [2.24, 2.45) is 0 Å². The molecule has 0 unspecified atom stereocenters. The van der Waals surface area contributed by atoms with E-state index in [1.165, 1.54) is 5.56 Å². The van der Waals surface area contributed by atoms with Crippen LogP contribution < -0.4 is 10.2 Å². The summed E-state index contributed by atoms with van der Waals surface area (Å²) in [6.07, 6.45) is 6.73. The first-order valence-electron chi connectivity index (χ1n) is 6.54. The smallest absolute Gasteiger partial charge is 0.133 e. The van der Waals surface area contributed by atoms with E-state index in [1.54, 1.807) is 0 Å². The van der Waals surface area contributed by atoms with E-state index in [0.717, 1.165) is 42.9 Å². The maximum atomic E-state index is 4.54. The van der Waals surface area contributed by atoms with Gasteiger partial charge in [-0.2, -0.15) is 0 Å². The predicted octanol–water partition coefficient (Wildman–Crippen LogP) is 3.52. The maximum absolute atomic E-state index is 4.54. The molecule has 1 rings (SSSR count). The number of pyridine rings is 1. The highest BCUT2D eigenvalue weighted by molar-refractivity contribution is 9.10. The fourth-order valence-electron chi connectivity index (χ4n) is 1.85. The summed E-state index contributed by atoms with van der Waals surface area (Å²) in [7, 11) is 0. The van der Waals surface area contributed by atoms with Crippen molar-refractivity contribution >= 4 is 21.7 Å². The molecule has 3 nitrogen and oxygen atoms in total. The molecule has 19 heavy (non-hydrogen) atoms. The summed E-state index contributed by atoms with van der Waals surface area (Å²) in [6.45, 7) is 13.1. The predicted molar refractivity (Wildman–Crippen MR) is 86.5 cm³/mol. The van der Waals surface area contributed by atoms with Gasteiger partial charge in [-0.1, -0.05) is 19.1 Å². The minimum absolute atomic E-state index is 0.765. The van der Waals surface area contributed by atoms with Crippen molar-refractivity contribution in [3.05, 3.63) is 47.6 Å². The third kappa shape index (κ3) is 5.17. The van der Waals surface area contributed by atoms with Gasteiger partial charge in [0.25, 0.3) is 0 Å². The Morgan fingerprint density at radius 3 is 2.63 bits per heavy atom. The molecule has 0 radical (unpaired) electrons. The topological polar surface area (TPSA) is 28.2 Å². The normalized spacial score (nSPS) is 10.2. The number of hydrogen-bond acceptors (Lipinski definition) is 3. The number of rotatable bonds is 9. The van der Waals surface area contributed by atoms with Gasteiger partial charge < -0.3 is 10.2 Å². The number of anilines is 1. The second-order valence-corrected chi connectivity index (χ2v) is 5.21. The Balaban J connectivity index is 2.94. The average molecular weight is 324 g/mol. The quantitative estimate of drug-likeness (QED) is 0.556. The summed E-state index contributed by atoms with van der Waals surface area (Å²) < 4.78 is 1.00. The van der Waals surface area contributed by atoms with Crippen LogP contribution >= 0.6 is 15.9 Å². The van der Waals surface area contributed by atoms with Crippen LogP contribution in [-0.4, -0.2) is 24.6 Å². The molecule has 0 saturated heterocycles. The van der Waals surface area contributed by atoms with Crippen LogP contribution in [0.2, 0.25) is 0 Å². The minimum atomic E-state index is 0.765. The van der Waals surface area contributed by atoms with Gasteiger partial charge in [0.05, 0.1) is 0 Å². The molecule has 0 amide bonds. The van der Waals surface area contributed by atoms with Crippen molar-refractivity contribution in [1.29, 1.82) is 0 Å². The summed E-state index contributed by atoms with van der Waals surface area (Å²) in [5.74, 6) is 0.992. The third-order valence-electron chi connectivity index (χ3n) is 2.65. The van der Waals surface area contributed by atoms with E-state index >= 15 is 0 Å². The lowest BCUT2D eigenvalue weighted by molar-refractivity contribution is 0.671. The molecule has 0 atom stereocenters. The maximum Gasteiger partial charge on any atom is 0.133 e. The molecule has 0 saturated carbocycles. The van der Waals surface area contributed by atoms with Crippen molar-refractivity contribution < 1.29 is 0 Å². The number of hydrogen-bond donors (Lipinski definition) is 1. The van der Waals surface area contributed by atoms with Crippen LogP contribution in [0.4, 0.5) is 5.82 Å². The largest absolute Gasteiger partial charge is 0.349 e. The van der Waals surface area contributed by atoms with Gasteiger partial charge in [0.15, 0.2) is 0 Å². The molecule has 0 spiro atoms. The Morgan fingerprint density at radius 2 is 2.05 bits per heavy atom. The van der Waals surface area contributed by atoms with Crippen molar-refractivity contribution in [2.45, 2.75) is 19.9 Å². The number of nitrogens with zero attached hydrogens (tertiary/aromatic N) is 2. The SMILES string of the molecule is C=CCN(CC=C)c1ncc(Br)cc1CNCCC. The standard InChI is InChI=1S/C15H22BrN3/c1-4-7-17-11-13-10-14(16)12-18-15(13)19(8-5-2)9-6-3/h5-6,10,12,17H,2-4,7-9,11H2,1H3. The van der Waals surface area contributed by atoms with Gasteiger partial charge in [-0.25, -0.2) is 4.98 Å². The molecule has 1 N–H and O–H groups in total. The zero-order valence-electron chi connectivity index (χ0n) is 11.5. The second-order valence-electron chi connectivity index (χ2n) is 4.30. The third-order valence-corrected chi connectivity index (χ3v) is 3.08. The van der Waals surface area contributed by atoms with Crippen molar-refractivity contribution in [1.82, 2.24) is 10.3 Å².